The van der Waals surface area contributed by atoms with Crippen molar-refractivity contribution in [2.45, 2.75) is 22.8 Å². The van der Waals surface area contributed by atoms with E-state index in [4.69, 9.17) is 26.8 Å². The van der Waals surface area contributed by atoms with Crippen LogP contribution in [0.1, 0.15) is 21.5 Å². The van der Waals surface area contributed by atoms with E-state index in [1.165, 1.54) is 34.9 Å². The minimum atomic E-state index is -1.35. The highest BCUT2D eigenvalue weighted by Gasteiger charge is 2.44. The second kappa shape index (κ2) is 9.98. The first-order chi connectivity index (χ1) is 17.8. The van der Waals surface area contributed by atoms with E-state index in [-0.39, 0.29) is 46.2 Å². The van der Waals surface area contributed by atoms with Crippen LogP contribution in [0.25, 0.3) is 11.1 Å². The predicted molar refractivity (Wildman–Crippen MR) is 154 cm³/mol. The van der Waals surface area contributed by atoms with E-state index in [9.17, 15) is 9.90 Å². The summed E-state index contributed by atoms with van der Waals surface area (Å²) in [5, 5.41) is 10.1. The van der Waals surface area contributed by atoms with Crippen molar-refractivity contribution in [2.75, 3.05) is 13.6 Å². The zero-order valence-corrected chi connectivity index (χ0v) is 22.7. The summed E-state index contributed by atoms with van der Waals surface area (Å²) in [5.74, 6) is -2.45. The van der Waals surface area contributed by atoms with Crippen LogP contribution < -0.4 is 20.5 Å². The van der Waals surface area contributed by atoms with E-state index in [0.717, 1.165) is 11.6 Å². The molecule has 38 heavy (non-hydrogen) atoms. The fourth-order valence-electron chi connectivity index (χ4n) is 4.44. The smallest absolute Gasteiger partial charge is 0.251 e. The number of carbonyl (C=O) groups is 1. The van der Waals surface area contributed by atoms with Crippen molar-refractivity contribution in [3.63, 3.8) is 0 Å². The lowest BCUT2D eigenvalue weighted by Crippen LogP contribution is -2.60. The van der Waals surface area contributed by atoms with E-state index < -0.39 is 33.9 Å². The highest BCUT2D eigenvalue weighted by atomic mass is 35.5. The van der Waals surface area contributed by atoms with Gasteiger partial charge in [-0.25, -0.2) is 8.78 Å². The van der Waals surface area contributed by atoms with Crippen LogP contribution in [0.15, 0.2) is 48.5 Å². The highest BCUT2D eigenvalue weighted by Crippen LogP contribution is 2.50. The van der Waals surface area contributed by atoms with Crippen molar-refractivity contribution >= 4 is 48.9 Å². The summed E-state index contributed by atoms with van der Waals surface area (Å²) in [6, 6.07) is 13.0. The molecule has 3 aromatic carbocycles. The van der Waals surface area contributed by atoms with Crippen LogP contribution in [0.4, 0.5) is 8.78 Å². The van der Waals surface area contributed by atoms with Gasteiger partial charge in [-0.15, -0.1) is 0 Å². The summed E-state index contributed by atoms with van der Waals surface area (Å²) in [4.78, 5) is 12.9. The number of ether oxygens (including phenoxy) is 2. The molecule has 1 heterocycles. The van der Waals surface area contributed by atoms with Gasteiger partial charge in [0.2, 0.25) is 0 Å². The van der Waals surface area contributed by atoms with Crippen LogP contribution >= 0.6 is 11.6 Å². The molecular formula is C25H27B4ClF2N2O4. The number of hydrogen-bond donors (Lipinski definition) is 3. The maximum atomic E-state index is 16.4. The molecule has 4 rings (SSSR count). The summed E-state index contributed by atoms with van der Waals surface area (Å²) < 4.78 is 43.7. The standard InChI is InChI=1S/C25H27B4ClF2N2O4/c1-34-22(35)13-7-8-16(38-25(28,29)24(26,27)36)21(32)19(13)18-14-10-23(11-33,12-5-3-2-4-6-12)37-17(14)9-15(31)20(18)30/h2-9,36H,10-11,26-29,33H2,1H3,(H,34,35)/t23-/m1/s1. The van der Waals surface area contributed by atoms with E-state index in [2.05, 4.69) is 5.32 Å². The van der Waals surface area contributed by atoms with Gasteiger partial charge in [0.15, 0.2) is 17.2 Å². The molecular weight excluding hydrogens is 509 g/mol. The minimum absolute atomic E-state index is 0.0180. The Labute approximate surface area is 228 Å². The Morgan fingerprint density at radius 1 is 1.18 bits per heavy atom. The maximum absolute atomic E-state index is 16.4. The predicted octanol–water partition coefficient (Wildman–Crippen LogP) is -0.355. The Kier molecular flexibility index (Phi) is 7.38. The summed E-state index contributed by atoms with van der Waals surface area (Å²) in [7, 11) is 7.69. The van der Waals surface area contributed by atoms with Crippen LogP contribution in [0.5, 0.6) is 11.5 Å². The van der Waals surface area contributed by atoms with Gasteiger partial charge in [-0.2, -0.15) is 0 Å². The molecule has 0 fully saturated rings. The molecule has 194 valence electrons. The van der Waals surface area contributed by atoms with Crippen LogP contribution in [-0.4, -0.2) is 66.8 Å². The van der Waals surface area contributed by atoms with Gasteiger partial charge in [-0.3, -0.25) is 4.79 Å². The van der Waals surface area contributed by atoms with Gasteiger partial charge in [0.25, 0.3) is 5.91 Å². The van der Waals surface area contributed by atoms with E-state index in [1.54, 1.807) is 15.7 Å². The minimum Gasteiger partial charge on any atom is -0.501 e. The molecule has 3 aromatic rings. The monoisotopic (exact) mass is 536 g/mol. The van der Waals surface area contributed by atoms with E-state index >= 15 is 8.78 Å². The Morgan fingerprint density at radius 2 is 1.84 bits per heavy atom. The zero-order valence-electron chi connectivity index (χ0n) is 21.9. The fraction of sp³-hybridized carbons (Fsp3) is 0.240. The Hall–Kier alpha value is -2.94. The number of rotatable bonds is 7. The van der Waals surface area contributed by atoms with Gasteiger partial charge in [0.05, 0.1) is 16.0 Å². The van der Waals surface area contributed by atoms with Crippen molar-refractivity contribution in [2.24, 2.45) is 5.73 Å². The molecule has 0 saturated heterocycles. The zero-order chi connectivity index (χ0) is 28.0. The molecule has 4 N–H and O–H groups in total. The van der Waals surface area contributed by atoms with Gasteiger partial charge in [0, 0.05) is 48.2 Å². The lowest BCUT2D eigenvalue weighted by Gasteiger charge is -2.39. The van der Waals surface area contributed by atoms with Gasteiger partial charge in [0.1, 0.15) is 43.0 Å². The Balaban J connectivity index is 1.98. The molecule has 1 aliphatic rings. The fourth-order valence-corrected chi connectivity index (χ4v) is 4.70. The quantitative estimate of drug-likeness (QED) is 0.359. The number of hydrogen-bond acceptors (Lipinski definition) is 5. The van der Waals surface area contributed by atoms with Crippen molar-refractivity contribution in [1.29, 1.82) is 0 Å². The molecule has 0 bridgehead atoms. The second-order valence-corrected chi connectivity index (χ2v) is 10.8. The summed E-state index contributed by atoms with van der Waals surface area (Å²) >= 11 is 6.50. The molecule has 6 nitrogen and oxygen atoms in total. The molecule has 1 amide bonds. The molecule has 0 saturated carbocycles. The average molecular weight is 536 g/mol. The Bertz CT molecular complexity index is 1410. The SMILES string of the molecule is BC(B)(O)C(B)(B)Oc1ccc(C(=O)NC)c(-c2c(Cl)c(F)cc3c2C[C@@](CN)(c2ccccc2)O3)c1F. The number of aliphatic hydroxyl groups is 1. The lowest BCUT2D eigenvalue weighted by molar-refractivity contribution is 0.0784. The number of halogens is 3. The van der Waals surface area contributed by atoms with Crippen molar-refractivity contribution in [3.05, 3.63) is 81.9 Å². The number of benzene rings is 3. The third-order valence-corrected chi connectivity index (χ3v) is 7.72. The maximum Gasteiger partial charge on any atom is 0.251 e. The van der Waals surface area contributed by atoms with Crippen molar-refractivity contribution in [3.8, 4) is 22.6 Å². The Morgan fingerprint density at radius 3 is 2.42 bits per heavy atom. The summed E-state index contributed by atoms with van der Waals surface area (Å²) in [6.07, 6.45) is 0.158. The third-order valence-electron chi connectivity index (χ3n) is 7.35. The molecule has 0 aromatic heterocycles. The van der Waals surface area contributed by atoms with Crippen molar-refractivity contribution in [1.82, 2.24) is 5.32 Å². The highest BCUT2D eigenvalue weighted by molar-refractivity contribution is 6.53. The van der Waals surface area contributed by atoms with Gasteiger partial charge in [-0.05, 0) is 17.7 Å². The molecule has 0 aliphatic carbocycles. The van der Waals surface area contributed by atoms with Gasteiger partial charge < -0.3 is 25.6 Å². The average Bonchev–Trinajstić information content (AvgIpc) is 3.25. The number of carbonyl (C=O) groups excluding carboxylic acids is 1. The lowest BCUT2D eigenvalue weighted by atomic mass is 9.42. The van der Waals surface area contributed by atoms with Crippen LogP contribution in [-0.2, 0) is 12.0 Å². The number of nitrogens with one attached hydrogen (secondary N) is 1. The molecule has 1 atom stereocenters. The second-order valence-electron chi connectivity index (χ2n) is 10.4. The number of amides is 1. The van der Waals surface area contributed by atoms with Crippen LogP contribution in [0.3, 0.4) is 0 Å². The first-order valence-corrected chi connectivity index (χ1v) is 12.6. The summed E-state index contributed by atoms with van der Waals surface area (Å²) in [5.41, 5.74) is 5.98. The number of fused-ring (bicyclic) bond motifs is 1. The largest absolute Gasteiger partial charge is 0.501 e. The first kappa shape index (κ1) is 28.1. The van der Waals surface area contributed by atoms with Crippen molar-refractivity contribution < 1.29 is 28.2 Å². The van der Waals surface area contributed by atoms with E-state index in [0.29, 0.717) is 5.56 Å². The topological polar surface area (TPSA) is 93.8 Å². The molecule has 0 unspecified atom stereocenters. The summed E-state index contributed by atoms with van der Waals surface area (Å²) in [6.45, 7) is 0.0537. The van der Waals surface area contributed by atoms with Crippen LogP contribution in [0, 0.1) is 11.6 Å². The number of nitrogens with two attached hydrogens (primary N) is 1. The molecule has 13 heteroatoms. The molecule has 1 aliphatic heterocycles. The molecule has 0 spiro atoms. The normalized spacial score (nSPS) is 17.0. The van der Waals surface area contributed by atoms with Gasteiger partial charge >= 0.3 is 0 Å². The van der Waals surface area contributed by atoms with E-state index in [1.807, 2.05) is 30.3 Å². The van der Waals surface area contributed by atoms with Gasteiger partial charge in [-0.1, -0.05) is 41.9 Å². The third kappa shape index (κ3) is 4.70. The molecule has 0 radical (unpaired) electrons. The first-order valence-electron chi connectivity index (χ1n) is 12.2. The van der Waals surface area contributed by atoms with Crippen LogP contribution in [0.2, 0.25) is 5.02 Å².